The summed E-state index contributed by atoms with van der Waals surface area (Å²) in [5, 5.41) is 16.4. The summed E-state index contributed by atoms with van der Waals surface area (Å²) in [5.41, 5.74) is 0. The number of aliphatic carboxylic acids is 1. The van der Waals surface area contributed by atoms with Gasteiger partial charge in [0.2, 0.25) is 18.2 Å². The number of ether oxygens (including phenoxy) is 6. The number of hydrogen-bond acceptors (Lipinski definition) is 13. The van der Waals surface area contributed by atoms with Crippen molar-refractivity contribution < 1.29 is 67.1 Å². The molecule has 0 bridgehead atoms. The van der Waals surface area contributed by atoms with E-state index in [9.17, 15) is 33.6 Å². The number of carbonyl (C=O) groups is 7. The lowest BCUT2D eigenvalue weighted by molar-refractivity contribution is -0.266. The fraction of sp³-hybridized carbons (Fsp3) is 0.816. The van der Waals surface area contributed by atoms with E-state index in [1.165, 1.54) is 65.7 Å². The van der Waals surface area contributed by atoms with E-state index in [-0.39, 0.29) is 50.9 Å². The Morgan fingerprint density at radius 3 is 1.87 bits per heavy atom. The Balaban J connectivity index is 0.00000175. The fourth-order valence-corrected chi connectivity index (χ4v) is 5.37. The smallest absolute Gasteiger partial charge is 0.303 e. The molecule has 0 saturated carbocycles. The molecule has 3 amide bonds. The molecule has 0 spiro atoms. The number of amides is 3. The Bertz CT molecular complexity index is 1090. The third kappa shape index (κ3) is 32.2. The van der Waals surface area contributed by atoms with E-state index in [4.69, 9.17) is 33.5 Å². The molecule has 0 radical (unpaired) electrons. The molecule has 0 aromatic heterocycles. The molecule has 4 atom stereocenters. The van der Waals surface area contributed by atoms with Crippen LogP contribution in [0.15, 0.2) is 0 Å². The van der Waals surface area contributed by atoms with Crippen molar-refractivity contribution in [2.45, 2.75) is 155 Å². The van der Waals surface area contributed by atoms with Gasteiger partial charge in [-0.1, -0.05) is 58.3 Å². The SMILES string of the molecule is CC(=O)OCC1OC(OCCCCC(=O)NCCCNC(=O)CCOCCNC=O)CC(OC(C)=O)C1OC(C)=O.CCCCCCCCCCCC(=O)O. The highest BCUT2D eigenvalue weighted by atomic mass is 16.7. The van der Waals surface area contributed by atoms with Crippen molar-refractivity contribution in [3.05, 3.63) is 0 Å². The van der Waals surface area contributed by atoms with Gasteiger partial charge in [-0.2, -0.15) is 0 Å². The zero-order valence-electron chi connectivity index (χ0n) is 33.4. The summed E-state index contributed by atoms with van der Waals surface area (Å²) in [7, 11) is 0. The summed E-state index contributed by atoms with van der Waals surface area (Å²) in [6.45, 7) is 7.77. The number of esters is 3. The molecule has 4 N–H and O–H groups in total. The van der Waals surface area contributed by atoms with Gasteiger partial charge in [0.05, 0.1) is 13.2 Å². The van der Waals surface area contributed by atoms with Gasteiger partial charge in [0.15, 0.2) is 12.4 Å². The van der Waals surface area contributed by atoms with Gasteiger partial charge in [-0.15, -0.1) is 0 Å². The van der Waals surface area contributed by atoms with Crippen molar-refractivity contribution in [2.24, 2.45) is 0 Å². The van der Waals surface area contributed by atoms with Crippen molar-refractivity contribution in [3.8, 4) is 0 Å². The highest BCUT2D eigenvalue weighted by Crippen LogP contribution is 2.27. The van der Waals surface area contributed by atoms with Crippen LogP contribution in [0.1, 0.15) is 130 Å². The lowest BCUT2D eigenvalue weighted by Crippen LogP contribution is -2.54. The third-order valence-corrected chi connectivity index (χ3v) is 8.10. The molecule has 1 aliphatic rings. The molecule has 1 heterocycles. The Morgan fingerprint density at radius 2 is 1.29 bits per heavy atom. The van der Waals surface area contributed by atoms with Gasteiger partial charge in [0, 0.05) is 72.7 Å². The van der Waals surface area contributed by atoms with Crippen LogP contribution >= 0.6 is 0 Å². The summed E-state index contributed by atoms with van der Waals surface area (Å²) in [6, 6.07) is 0. The van der Waals surface area contributed by atoms with E-state index < -0.39 is 48.5 Å². The van der Waals surface area contributed by atoms with E-state index in [1.807, 2.05) is 0 Å². The van der Waals surface area contributed by atoms with Crippen molar-refractivity contribution in [3.63, 3.8) is 0 Å². The molecule has 4 unspecified atom stereocenters. The minimum atomic E-state index is -0.968. The van der Waals surface area contributed by atoms with Crippen LogP contribution in [-0.4, -0.2) is 118 Å². The van der Waals surface area contributed by atoms with Crippen molar-refractivity contribution in [1.29, 1.82) is 0 Å². The lowest BCUT2D eigenvalue weighted by Gasteiger charge is -2.39. The van der Waals surface area contributed by atoms with Gasteiger partial charge >= 0.3 is 23.9 Å². The van der Waals surface area contributed by atoms with Crippen LogP contribution in [-0.2, 0) is 62.0 Å². The van der Waals surface area contributed by atoms with Gasteiger partial charge in [0.25, 0.3) is 0 Å². The Hall–Kier alpha value is -3.83. The molecule has 17 nitrogen and oxygen atoms in total. The molecule has 55 heavy (non-hydrogen) atoms. The van der Waals surface area contributed by atoms with Crippen LogP contribution in [0.5, 0.6) is 0 Å². The van der Waals surface area contributed by atoms with Crippen LogP contribution in [0.2, 0.25) is 0 Å². The van der Waals surface area contributed by atoms with E-state index in [0.717, 1.165) is 12.8 Å². The first-order valence-corrected chi connectivity index (χ1v) is 19.6. The minimum Gasteiger partial charge on any atom is -0.481 e. The number of carboxylic acids is 1. The topological polar surface area (TPSA) is 231 Å². The second-order valence-corrected chi connectivity index (χ2v) is 13.2. The molecule has 1 saturated heterocycles. The predicted octanol–water partition coefficient (Wildman–Crippen LogP) is 3.48. The second-order valence-electron chi connectivity index (χ2n) is 13.2. The molecule has 1 aliphatic heterocycles. The van der Waals surface area contributed by atoms with E-state index >= 15 is 0 Å². The third-order valence-electron chi connectivity index (χ3n) is 8.10. The average molecular weight is 790 g/mol. The molecule has 0 aromatic rings. The maximum atomic E-state index is 12.1. The van der Waals surface area contributed by atoms with Crippen LogP contribution in [0.3, 0.4) is 0 Å². The van der Waals surface area contributed by atoms with Gasteiger partial charge < -0.3 is 49.5 Å². The van der Waals surface area contributed by atoms with E-state index in [2.05, 4.69) is 22.9 Å². The highest BCUT2D eigenvalue weighted by molar-refractivity contribution is 5.76. The normalized spacial score (nSPS) is 17.5. The summed E-state index contributed by atoms with van der Waals surface area (Å²) >= 11 is 0. The monoisotopic (exact) mass is 789 g/mol. The fourth-order valence-electron chi connectivity index (χ4n) is 5.37. The van der Waals surface area contributed by atoms with Gasteiger partial charge in [0.1, 0.15) is 18.8 Å². The van der Waals surface area contributed by atoms with Crippen LogP contribution in [0.4, 0.5) is 0 Å². The molecule has 17 heteroatoms. The van der Waals surface area contributed by atoms with Gasteiger partial charge in [-0.3, -0.25) is 33.6 Å². The number of rotatable bonds is 31. The van der Waals surface area contributed by atoms with Crippen LogP contribution in [0, 0.1) is 0 Å². The largest absolute Gasteiger partial charge is 0.481 e. The first kappa shape index (κ1) is 51.2. The van der Waals surface area contributed by atoms with E-state index in [0.29, 0.717) is 58.3 Å². The van der Waals surface area contributed by atoms with Gasteiger partial charge in [-0.25, -0.2) is 0 Å². The molecule has 1 fully saturated rings. The van der Waals surface area contributed by atoms with Crippen molar-refractivity contribution >= 4 is 42.1 Å². The maximum Gasteiger partial charge on any atom is 0.303 e. The van der Waals surface area contributed by atoms with Crippen LogP contribution < -0.4 is 16.0 Å². The molecule has 0 aliphatic carbocycles. The lowest BCUT2D eigenvalue weighted by atomic mass is 10.0. The number of carboxylic acid groups (broad SMARTS) is 1. The summed E-state index contributed by atoms with van der Waals surface area (Å²) in [4.78, 5) is 78.5. The highest BCUT2D eigenvalue weighted by Gasteiger charge is 2.44. The second kappa shape index (κ2) is 34.6. The molecule has 0 aromatic carbocycles. The number of nitrogens with one attached hydrogen (secondary N) is 3. The summed E-state index contributed by atoms with van der Waals surface area (Å²) in [5.74, 6) is -2.66. The molecular weight excluding hydrogens is 722 g/mol. The summed E-state index contributed by atoms with van der Waals surface area (Å²) < 4.78 is 32.4. The first-order valence-electron chi connectivity index (χ1n) is 19.6. The zero-order chi connectivity index (χ0) is 41.1. The number of hydrogen-bond donors (Lipinski definition) is 4. The minimum absolute atomic E-state index is 0.108. The average Bonchev–Trinajstić information content (AvgIpc) is 3.12. The standard InChI is InChI=1S/C26H43N3O12.C12H24O2/c1-18(31)38-16-22-26(40-20(3)33)21(39-19(2)32)15-25(41-22)37-12-5-4-7-23(34)28-9-6-10-29-24(35)8-13-36-14-11-27-17-30;1-2-3-4-5-6-7-8-9-10-11-12(13)14/h17,21-22,25-26H,4-16H2,1-3H3,(H,27,30)(H,28,34)(H,29,35);2-11H2,1H3,(H,13,14). The molecular formula is C38H67N3O14. The summed E-state index contributed by atoms with van der Waals surface area (Å²) in [6.07, 6.45) is 10.8. The van der Waals surface area contributed by atoms with Gasteiger partial charge in [-0.05, 0) is 25.7 Å². The molecule has 1 rings (SSSR count). The zero-order valence-corrected chi connectivity index (χ0v) is 33.4. The quantitative estimate of drug-likeness (QED) is 0.0341. The Kier molecular flexibility index (Phi) is 32.2. The van der Waals surface area contributed by atoms with Crippen molar-refractivity contribution in [2.75, 3.05) is 46.1 Å². The predicted molar refractivity (Wildman–Crippen MR) is 200 cm³/mol. The van der Waals surface area contributed by atoms with Crippen molar-refractivity contribution in [1.82, 2.24) is 16.0 Å². The first-order chi connectivity index (χ1) is 26.4. The Morgan fingerprint density at radius 1 is 0.691 bits per heavy atom. The van der Waals surface area contributed by atoms with E-state index in [1.54, 1.807) is 0 Å². The van der Waals surface area contributed by atoms with Crippen LogP contribution in [0.25, 0.3) is 0 Å². The molecule has 318 valence electrons. The maximum absolute atomic E-state index is 12.1. The number of carbonyl (C=O) groups excluding carboxylic acids is 6. The number of unbranched alkanes of at least 4 members (excludes halogenated alkanes) is 9. The Labute approximate surface area is 325 Å².